The molecule has 2 rings (SSSR count). The molecule has 0 aromatic heterocycles. The van der Waals surface area contributed by atoms with Crippen molar-refractivity contribution < 1.29 is 9.47 Å². The van der Waals surface area contributed by atoms with Gasteiger partial charge < -0.3 is 19.7 Å². The summed E-state index contributed by atoms with van der Waals surface area (Å²) < 4.78 is 10.9. The quantitative estimate of drug-likeness (QED) is 0.203. The third kappa shape index (κ3) is 9.79. The highest BCUT2D eigenvalue weighted by Crippen LogP contribution is 2.30. The standard InChI is InChI=1S/C22H37N3O2S.HI/c1-5-23-22(25(3)13-10-19-11-14-27-15-12-19)24-16-18(2)17-28-21-9-7-6-8-20(21)26-4;/h6-9,18-19H,5,10-17H2,1-4H3,(H,23,24);1H. The normalized spacial score (nSPS) is 16.1. The molecule has 1 fully saturated rings. The molecule has 1 heterocycles. The lowest BCUT2D eigenvalue weighted by Gasteiger charge is -2.27. The summed E-state index contributed by atoms with van der Waals surface area (Å²) in [4.78, 5) is 8.37. The number of rotatable bonds is 10. The van der Waals surface area contributed by atoms with E-state index in [9.17, 15) is 0 Å². The highest BCUT2D eigenvalue weighted by molar-refractivity contribution is 14.0. The highest BCUT2D eigenvalue weighted by Gasteiger charge is 2.15. The van der Waals surface area contributed by atoms with Crippen LogP contribution in [0, 0.1) is 11.8 Å². The Morgan fingerprint density at radius 1 is 1.34 bits per heavy atom. The fourth-order valence-corrected chi connectivity index (χ4v) is 4.29. The largest absolute Gasteiger partial charge is 0.496 e. The molecule has 1 aliphatic rings. The molecule has 1 aromatic carbocycles. The van der Waals surface area contributed by atoms with Crippen LogP contribution in [-0.4, -0.2) is 63.6 Å². The highest BCUT2D eigenvalue weighted by atomic mass is 127. The molecule has 1 aromatic rings. The molecular weight excluding hydrogens is 497 g/mol. The van der Waals surface area contributed by atoms with E-state index < -0.39 is 0 Å². The summed E-state index contributed by atoms with van der Waals surface area (Å²) in [5.41, 5.74) is 0. The average Bonchev–Trinajstić information content (AvgIpc) is 2.74. The molecule has 7 heteroatoms. The Morgan fingerprint density at radius 2 is 2.07 bits per heavy atom. The second-order valence-corrected chi connectivity index (χ2v) is 8.59. The smallest absolute Gasteiger partial charge is 0.193 e. The van der Waals surface area contributed by atoms with Crippen molar-refractivity contribution >= 4 is 41.7 Å². The number of hydrogen-bond acceptors (Lipinski definition) is 4. The first-order valence-corrected chi connectivity index (χ1v) is 11.5. The topological polar surface area (TPSA) is 46.1 Å². The molecule has 29 heavy (non-hydrogen) atoms. The van der Waals surface area contributed by atoms with Gasteiger partial charge in [0.2, 0.25) is 0 Å². The van der Waals surface area contributed by atoms with Gasteiger partial charge in [0.25, 0.3) is 0 Å². The Labute approximate surface area is 198 Å². The fourth-order valence-electron chi connectivity index (χ4n) is 3.25. The van der Waals surface area contributed by atoms with Gasteiger partial charge in [-0.05, 0) is 50.2 Å². The van der Waals surface area contributed by atoms with Crippen LogP contribution in [0.15, 0.2) is 34.2 Å². The van der Waals surface area contributed by atoms with Crippen LogP contribution >= 0.6 is 35.7 Å². The van der Waals surface area contributed by atoms with Gasteiger partial charge in [-0.1, -0.05) is 19.1 Å². The van der Waals surface area contributed by atoms with Crippen LogP contribution in [0.2, 0.25) is 0 Å². The van der Waals surface area contributed by atoms with E-state index in [2.05, 4.69) is 43.2 Å². The van der Waals surface area contributed by atoms with Gasteiger partial charge in [0.1, 0.15) is 5.75 Å². The van der Waals surface area contributed by atoms with E-state index >= 15 is 0 Å². The minimum atomic E-state index is 0. The van der Waals surface area contributed by atoms with Crippen LogP contribution in [0.25, 0.3) is 0 Å². The number of hydrogen-bond donors (Lipinski definition) is 1. The summed E-state index contributed by atoms with van der Waals surface area (Å²) in [6.07, 6.45) is 3.60. The molecule has 1 aliphatic heterocycles. The Balaban J connectivity index is 0.00000420. The second kappa shape index (κ2) is 15.2. The zero-order chi connectivity index (χ0) is 20.2. The number of nitrogens with zero attached hydrogens (tertiary/aromatic N) is 2. The molecular formula is C22H38IN3O2S. The molecule has 0 saturated carbocycles. The van der Waals surface area contributed by atoms with E-state index in [1.54, 1.807) is 7.11 Å². The first-order chi connectivity index (χ1) is 13.6. The van der Waals surface area contributed by atoms with E-state index in [1.807, 2.05) is 23.9 Å². The third-order valence-corrected chi connectivity index (χ3v) is 6.44. The zero-order valence-corrected chi connectivity index (χ0v) is 21.5. The summed E-state index contributed by atoms with van der Waals surface area (Å²) in [5.74, 6) is 4.27. The second-order valence-electron chi connectivity index (χ2n) is 7.53. The van der Waals surface area contributed by atoms with E-state index in [-0.39, 0.29) is 24.0 Å². The van der Waals surface area contributed by atoms with Gasteiger partial charge in [-0.25, -0.2) is 0 Å². The summed E-state index contributed by atoms with van der Waals surface area (Å²) in [5, 5.41) is 3.44. The van der Waals surface area contributed by atoms with E-state index in [0.29, 0.717) is 5.92 Å². The molecule has 0 bridgehead atoms. The Morgan fingerprint density at radius 3 is 2.76 bits per heavy atom. The molecule has 1 saturated heterocycles. The summed E-state index contributed by atoms with van der Waals surface area (Å²) in [6, 6.07) is 8.20. The Hall–Kier alpha value is -0.670. The van der Waals surface area contributed by atoms with Crippen LogP contribution < -0.4 is 10.1 Å². The SMILES string of the molecule is CCNC(=NCC(C)CSc1ccccc1OC)N(C)CCC1CCOCC1.I. The van der Waals surface area contributed by atoms with Crippen LogP contribution in [0.5, 0.6) is 5.75 Å². The summed E-state index contributed by atoms with van der Waals surface area (Å²) in [7, 11) is 3.88. The molecule has 1 N–H and O–H groups in total. The third-order valence-electron chi connectivity index (χ3n) is 5.06. The van der Waals surface area contributed by atoms with Crippen molar-refractivity contribution in [3.05, 3.63) is 24.3 Å². The number of thioether (sulfide) groups is 1. The van der Waals surface area contributed by atoms with Gasteiger partial charge in [0, 0.05) is 50.5 Å². The Bertz CT molecular complexity index is 597. The zero-order valence-electron chi connectivity index (χ0n) is 18.4. The van der Waals surface area contributed by atoms with Gasteiger partial charge >= 0.3 is 0 Å². The van der Waals surface area contributed by atoms with Gasteiger partial charge in [-0.3, -0.25) is 4.99 Å². The number of para-hydroxylation sites is 1. The van der Waals surface area contributed by atoms with Crippen LogP contribution in [-0.2, 0) is 4.74 Å². The lowest BCUT2D eigenvalue weighted by molar-refractivity contribution is 0.0625. The van der Waals surface area contributed by atoms with Crippen molar-refractivity contribution in [1.82, 2.24) is 10.2 Å². The maximum absolute atomic E-state index is 5.47. The number of ether oxygens (including phenoxy) is 2. The average molecular weight is 536 g/mol. The molecule has 0 spiro atoms. The number of benzene rings is 1. The lowest BCUT2D eigenvalue weighted by Crippen LogP contribution is -2.40. The van der Waals surface area contributed by atoms with Gasteiger partial charge in [-0.15, -0.1) is 35.7 Å². The molecule has 5 nitrogen and oxygen atoms in total. The maximum atomic E-state index is 5.47. The molecule has 0 aliphatic carbocycles. The van der Waals surface area contributed by atoms with Crippen molar-refractivity contribution in [2.75, 3.05) is 52.8 Å². The first kappa shape index (κ1) is 26.4. The number of methoxy groups -OCH3 is 1. The molecule has 0 amide bonds. The summed E-state index contributed by atoms with van der Waals surface area (Å²) >= 11 is 1.84. The van der Waals surface area contributed by atoms with Gasteiger partial charge in [0.15, 0.2) is 5.96 Å². The number of guanidine groups is 1. The van der Waals surface area contributed by atoms with Crippen LogP contribution in [0.4, 0.5) is 0 Å². The summed E-state index contributed by atoms with van der Waals surface area (Å²) in [6.45, 7) is 8.99. The molecule has 1 unspecified atom stereocenters. The number of nitrogens with one attached hydrogen (secondary N) is 1. The lowest BCUT2D eigenvalue weighted by atomic mass is 9.96. The van der Waals surface area contributed by atoms with Gasteiger partial charge in [-0.2, -0.15) is 0 Å². The van der Waals surface area contributed by atoms with Crippen molar-refractivity contribution in [2.24, 2.45) is 16.8 Å². The van der Waals surface area contributed by atoms with E-state index in [4.69, 9.17) is 14.5 Å². The molecule has 166 valence electrons. The first-order valence-electron chi connectivity index (χ1n) is 10.5. The van der Waals surface area contributed by atoms with Crippen LogP contribution in [0.3, 0.4) is 0 Å². The minimum absolute atomic E-state index is 0. The number of aliphatic imine (C=N–C) groups is 1. The van der Waals surface area contributed by atoms with Gasteiger partial charge in [0.05, 0.1) is 7.11 Å². The van der Waals surface area contributed by atoms with E-state index in [1.165, 1.54) is 24.2 Å². The molecule has 0 radical (unpaired) electrons. The van der Waals surface area contributed by atoms with Crippen LogP contribution in [0.1, 0.15) is 33.1 Å². The Kier molecular flexibility index (Phi) is 13.8. The maximum Gasteiger partial charge on any atom is 0.193 e. The molecule has 1 atom stereocenters. The fraction of sp³-hybridized carbons (Fsp3) is 0.682. The van der Waals surface area contributed by atoms with Crippen molar-refractivity contribution in [3.63, 3.8) is 0 Å². The predicted octanol–water partition coefficient (Wildman–Crippen LogP) is 4.76. The predicted molar refractivity (Wildman–Crippen MR) is 135 cm³/mol. The monoisotopic (exact) mass is 535 g/mol. The minimum Gasteiger partial charge on any atom is -0.496 e. The van der Waals surface area contributed by atoms with E-state index in [0.717, 1.165) is 56.2 Å². The van der Waals surface area contributed by atoms with Crippen molar-refractivity contribution in [2.45, 2.75) is 38.0 Å². The number of halogens is 1. The van der Waals surface area contributed by atoms with Crippen molar-refractivity contribution in [3.8, 4) is 5.75 Å². The van der Waals surface area contributed by atoms with Crippen molar-refractivity contribution in [1.29, 1.82) is 0 Å².